The van der Waals surface area contributed by atoms with Crippen LogP contribution in [0.4, 0.5) is 0 Å². The molecule has 3 atom stereocenters. The van der Waals surface area contributed by atoms with Crippen molar-refractivity contribution in [1.82, 2.24) is 0 Å². The lowest BCUT2D eigenvalue weighted by atomic mass is 10.0. The summed E-state index contributed by atoms with van der Waals surface area (Å²) in [5.74, 6) is -0.364. The van der Waals surface area contributed by atoms with E-state index in [0.29, 0.717) is 13.2 Å². The van der Waals surface area contributed by atoms with E-state index in [4.69, 9.17) is 14.2 Å². The van der Waals surface area contributed by atoms with E-state index in [1.54, 1.807) is 6.08 Å². The van der Waals surface area contributed by atoms with Crippen LogP contribution < -0.4 is 0 Å². The number of rotatable bonds is 4. The van der Waals surface area contributed by atoms with Gasteiger partial charge >= 0.3 is 5.97 Å². The zero-order valence-electron chi connectivity index (χ0n) is 13.8. The second-order valence-electron chi connectivity index (χ2n) is 6.29. The third-order valence-electron chi connectivity index (χ3n) is 4.62. The minimum atomic E-state index is -0.364. The Morgan fingerprint density at radius 1 is 1.00 bits per heavy atom. The first-order valence-corrected chi connectivity index (χ1v) is 8.57. The van der Waals surface area contributed by atoms with Crippen LogP contribution in [0.25, 0.3) is 17.2 Å². The van der Waals surface area contributed by atoms with Crippen molar-refractivity contribution in [3.05, 3.63) is 66.2 Å². The van der Waals surface area contributed by atoms with E-state index in [-0.39, 0.29) is 24.3 Å². The van der Waals surface area contributed by atoms with Gasteiger partial charge in [0.1, 0.15) is 6.10 Å². The second kappa shape index (κ2) is 7.21. The van der Waals surface area contributed by atoms with Crippen LogP contribution in [0.15, 0.2) is 60.7 Å². The van der Waals surface area contributed by atoms with Gasteiger partial charge in [-0.3, -0.25) is 0 Å². The summed E-state index contributed by atoms with van der Waals surface area (Å²) in [5.41, 5.74) is 3.27. The summed E-state index contributed by atoms with van der Waals surface area (Å²) in [6.07, 6.45) is 3.77. The predicted molar refractivity (Wildman–Crippen MR) is 94.9 cm³/mol. The first-order chi connectivity index (χ1) is 12.3. The molecule has 0 aliphatic carbocycles. The predicted octanol–water partition coefficient (Wildman–Crippen LogP) is 3.47. The van der Waals surface area contributed by atoms with Crippen LogP contribution in [0, 0.1) is 0 Å². The molecule has 0 amide bonds. The normalized spacial score (nSPS) is 25.2. The molecule has 0 aromatic heterocycles. The largest absolute Gasteiger partial charge is 0.454 e. The Hall–Kier alpha value is -2.43. The lowest BCUT2D eigenvalue weighted by Crippen LogP contribution is -2.31. The molecule has 4 heteroatoms. The van der Waals surface area contributed by atoms with E-state index in [2.05, 4.69) is 12.1 Å². The SMILES string of the molecule is O=C(/C=C/c1ccc(-c2ccccc2)cc1)O[C@@H]1CO[C@@H]2CCO[C@@H]21. The van der Waals surface area contributed by atoms with Crippen molar-refractivity contribution in [2.24, 2.45) is 0 Å². The molecular formula is C21H20O4. The Labute approximate surface area is 147 Å². The Kier molecular flexibility index (Phi) is 4.63. The monoisotopic (exact) mass is 336 g/mol. The van der Waals surface area contributed by atoms with Gasteiger partial charge in [0.2, 0.25) is 0 Å². The molecule has 0 saturated carbocycles. The number of hydrogen-bond acceptors (Lipinski definition) is 4. The number of ether oxygens (including phenoxy) is 3. The lowest BCUT2D eigenvalue weighted by molar-refractivity contribution is -0.147. The molecule has 25 heavy (non-hydrogen) atoms. The van der Waals surface area contributed by atoms with Crippen LogP contribution in [0.3, 0.4) is 0 Å². The molecule has 2 heterocycles. The molecule has 2 aliphatic heterocycles. The smallest absolute Gasteiger partial charge is 0.331 e. The average Bonchev–Trinajstić information content (AvgIpc) is 3.26. The molecule has 0 bridgehead atoms. The van der Waals surface area contributed by atoms with Gasteiger partial charge in [0.05, 0.1) is 12.7 Å². The van der Waals surface area contributed by atoms with Crippen LogP contribution >= 0.6 is 0 Å². The maximum Gasteiger partial charge on any atom is 0.331 e. The molecule has 4 rings (SSSR count). The summed E-state index contributed by atoms with van der Waals surface area (Å²) in [6, 6.07) is 18.2. The Balaban J connectivity index is 1.36. The van der Waals surface area contributed by atoms with Crippen molar-refractivity contribution in [1.29, 1.82) is 0 Å². The maximum absolute atomic E-state index is 12.0. The zero-order valence-corrected chi connectivity index (χ0v) is 13.8. The van der Waals surface area contributed by atoms with E-state index < -0.39 is 0 Å². The third-order valence-corrected chi connectivity index (χ3v) is 4.62. The highest BCUT2D eigenvalue weighted by Gasteiger charge is 2.43. The first-order valence-electron chi connectivity index (χ1n) is 8.57. The zero-order chi connectivity index (χ0) is 17.1. The molecule has 2 aromatic rings. The summed E-state index contributed by atoms with van der Waals surface area (Å²) >= 11 is 0. The van der Waals surface area contributed by atoms with E-state index in [1.165, 1.54) is 11.6 Å². The minimum Gasteiger partial charge on any atom is -0.454 e. The second-order valence-corrected chi connectivity index (χ2v) is 6.29. The molecule has 0 spiro atoms. The van der Waals surface area contributed by atoms with Crippen LogP contribution in [-0.4, -0.2) is 37.5 Å². The molecule has 2 saturated heterocycles. The molecule has 0 N–H and O–H groups in total. The minimum absolute atomic E-state index is 0.0762. The van der Waals surface area contributed by atoms with Gasteiger partial charge < -0.3 is 14.2 Å². The molecule has 2 aliphatic rings. The summed E-state index contributed by atoms with van der Waals surface area (Å²) < 4.78 is 16.6. The fourth-order valence-corrected chi connectivity index (χ4v) is 3.30. The quantitative estimate of drug-likeness (QED) is 0.633. The van der Waals surface area contributed by atoms with Gasteiger partial charge in [-0.2, -0.15) is 0 Å². The Bertz CT molecular complexity index is 751. The summed E-state index contributed by atoms with van der Waals surface area (Å²) in [5, 5.41) is 0. The topological polar surface area (TPSA) is 44.8 Å². The highest BCUT2D eigenvalue weighted by Crippen LogP contribution is 2.28. The van der Waals surface area contributed by atoms with Crippen LogP contribution in [0.2, 0.25) is 0 Å². The van der Waals surface area contributed by atoms with E-state index in [1.807, 2.05) is 42.5 Å². The summed E-state index contributed by atoms with van der Waals surface area (Å²) in [4.78, 5) is 12.0. The number of benzene rings is 2. The van der Waals surface area contributed by atoms with Crippen molar-refractivity contribution in [2.75, 3.05) is 13.2 Å². The Morgan fingerprint density at radius 2 is 1.76 bits per heavy atom. The third kappa shape index (κ3) is 3.65. The lowest BCUT2D eigenvalue weighted by Gasteiger charge is -2.15. The van der Waals surface area contributed by atoms with Crippen LogP contribution in [0.1, 0.15) is 12.0 Å². The van der Waals surface area contributed by atoms with Crippen molar-refractivity contribution >= 4 is 12.0 Å². The van der Waals surface area contributed by atoms with E-state index in [9.17, 15) is 4.79 Å². The summed E-state index contributed by atoms with van der Waals surface area (Å²) in [7, 11) is 0. The molecule has 0 unspecified atom stereocenters. The van der Waals surface area contributed by atoms with Crippen molar-refractivity contribution in [3.8, 4) is 11.1 Å². The van der Waals surface area contributed by atoms with Gasteiger partial charge in [-0.1, -0.05) is 54.6 Å². The number of esters is 1. The van der Waals surface area contributed by atoms with E-state index in [0.717, 1.165) is 17.5 Å². The molecule has 0 radical (unpaired) electrons. The Morgan fingerprint density at radius 3 is 2.56 bits per heavy atom. The van der Waals surface area contributed by atoms with Gasteiger partial charge in [-0.05, 0) is 29.2 Å². The standard InChI is InChI=1S/C21H20O4/c22-20(25-19-14-24-18-12-13-23-21(18)19)11-8-15-6-9-17(10-7-15)16-4-2-1-3-5-16/h1-11,18-19,21H,12-14H2/b11-8+/t18-,19-,21+/m1/s1. The average molecular weight is 336 g/mol. The number of carbonyl (C=O) groups excluding carboxylic acids is 1. The molecule has 128 valence electrons. The van der Waals surface area contributed by atoms with Gasteiger partial charge in [0, 0.05) is 12.7 Å². The fraction of sp³-hybridized carbons (Fsp3) is 0.286. The fourth-order valence-electron chi connectivity index (χ4n) is 3.30. The highest BCUT2D eigenvalue weighted by molar-refractivity contribution is 5.87. The molecule has 2 fully saturated rings. The van der Waals surface area contributed by atoms with Gasteiger partial charge in [-0.25, -0.2) is 4.79 Å². The molecular weight excluding hydrogens is 316 g/mol. The number of carbonyl (C=O) groups is 1. The number of fused-ring (bicyclic) bond motifs is 1. The molecule has 2 aromatic carbocycles. The van der Waals surface area contributed by atoms with Crippen molar-refractivity contribution in [2.45, 2.75) is 24.7 Å². The van der Waals surface area contributed by atoms with E-state index >= 15 is 0 Å². The van der Waals surface area contributed by atoms with Gasteiger partial charge in [0.25, 0.3) is 0 Å². The van der Waals surface area contributed by atoms with Crippen LogP contribution in [0.5, 0.6) is 0 Å². The molecule has 4 nitrogen and oxygen atoms in total. The first kappa shape index (κ1) is 16.1. The van der Waals surface area contributed by atoms with Gasteiger partial charge in [-0.15, -0.1) is 0 Å². The highest BCUT2D eigenvalue weighted by atomic mass is 16.6. The van der Waals surface area contributed by atoms with Crippen LogP contribution in [-0.2, 0) is 19.0 Å². The summed E-state index contributed by atoms with van der Waals surface area (Å²) in [6.45, 7) is 1.09. The maximum atomic E-state index is 12.0. The van der Waals surface area contributed by atoms with Crippen molar-refractivity contribution in [3.63, 3.8) is 0 Å². The van der Waals surface area contributed by atoms with Gasteiger partial charge in [0.15, 0.2) is 6.10 Å². The number of hydrogen-bond donors (Lipinski definition) is 0. The van der Waals surface area contributed by atoms with Crippen molar-refractivity contribution < 1.29 is 19.0 Å².